The van der Waals surface area contributed by atoms with Crippen LogP contribution in [0.3, 0.4) is 0 Å². The van der Waals surface area contributed by atoms with Crippen LogP contribution in [0.5, 0.6) is 0 Å². The van der Waals surface area contributed by atoms with E-state index in [0.717, 1.165) is 31.1 Å². The van der Waals surface area contributed by atoms with E-state index in [4.69, 9.17) is 0 Å². The predicted molar refractivity (Wildman–Crippen MR) is 58.8 cm³/mol. The molecule has 0 aromatic rings. The molecule has 0 radical (unpaired) electrons. The van der Waals surface area contributed by atoms with Crippen LogP contribution < -0.4 is 0 Å². The summed E-state index contributed by atoms with van der Waals surface area (Å²) in [6.45, 7) is 8.85. The molecule has 1 nitrogen and oxygen atoms in total. The Morgan fingerprint density at radius 1 is 1.00 bits per heavy atom. The van der Waals surface area contributed by atoms with Crippen molar-refractivity contribution >= 4 is 0 Å². The molecule has 13 heavy (non-hydrogen) atoms. The molecule has 0 fully saturated rings. The second-order valence-corrected chi connectivity index (χ2v) is 4.54. The molecule has 0 spiro atoms. The highest BCUT2D eigenvalue weighted by molar-refractivity contribution is 4.63. The summed E-state index contributed by atoms with van der Waals surface area (Å²) in [7, 11) is 0. The van der Waals surface area contributed by atoms with Gasteiger partial charge in [0.25, 0.3) is 0 Å². The first-order valence-electron chi connectivity index (χ1n) is 5.78. The zero-order valence-corrected chi connectivity index (χ0v) is 9.71. The quantitative estimate of drug-likeness (QED) is 0.644. The third-order valence-electron chi connectivity index (χ3n) is 2.84. The van der Waals surface area contributed by atoms with E-state index in [2.05, 4.69) is 27.7 Å². The smallest absolute Gasteiger partial charge is 0.0543 e. The van der Waals surface area contributed by atoms with Gasteiger partial charge in [0, 0.05) is 0 Å². The Morgan fingerprint density at radius 3 is 1.92 bits per heavy atom. The van der Waals surface area contributed by atoms with Crippen molar-refractivity contribution in [2.24, 2.45) is 11.8 Å². The number of aliphatic hydroxyl groups excluding tert-OH is 1. The fourth-order valence-electron chi connectivity index (χ4n) is 1.65. The van der Waals surface area contributed by atoms with E-state index in [0.29, 0.717) is 0 Å². The molecule has 0 amide bonds. The molecule has 0 heterocycles. The van der Waals surface area contributed by atoms with Crippen molar-refractivity contribution in [2.45, 2.75) is 65.9 Å². The molecule has 0 aliphatic rings. The Balaban J connectivity index is 3.53. The average Bonchev–Trinajstić information content (AvgIpc) is 2.10. The van der Waals surface area contributed by atoms with Gasteiger partial charge in [-0.05, 0) is 31.1 Å². The summed E-state index contributed by atoms with van der Waals surface area (Å²) in [5, 5.41) is 9.73. The van der Waals surface area contributed by atoms with Gasteiger partial charge in [0.15, 0.2) is 0 Å². The predicted octanol–water partition coefficient (Wildman–Crippen LogP) is 3.61. The van der Waals surface area contributed by atoms with Crippen LogP contribution in [0, 0.1) is 11.8 Å². The van der Waals surface area contributed by atoms with Crippen LogP contribution in [-0.4, -0.2) is 11.2 Å². The molecular formula is C12H26O. The molecule has 1 atom stereocenters. The van der Waals surface area contributed by atoms with Gasteiger partial charge in [0.1, 0.15) is 0 Å². The van der Waals surface area contributed by atoms with E-state index >= 15 is 0 Å². The molecule has 1 N–H and O–H groups in total. The van der Waals surface area contributed by atoms with Gasteiger partial charge in [-0.1, -0.05) is 40.5 Å². The highest BCUT2D eigenvalue weighted by atomic mass is 16.3. The van der Waals surface area contributed by atoms with Gasteiger partial charge in [-0.2, -0.15) is 0 Å². The molecule has 1 unspecified atom stereocenters. The number of aliphatic hydroxyl groups is 1. The van der Waals surface area contributed by atoms with Crippen LogP contribution in [0.2, 0.25) is 0 Å². The topological polar surface area (TPSA) is 20.2 Å². The summed E-state index contributed by atoms with van der Waals surface area (Å²) in [6, 6.07) is 0. The van der Waals surface area contributed by atoms with Gasteiger partial charge in [-0.3, -0.25) is 0 Å². The summed E-state index contributed by atoms with van der Waals surface area (Å²) < 4.78 is 0. The minimum absolute atomic E-state index is 0.0627. The third-order valence-corrected chi connectivity index (χ3v) is 2.84. The molecular weight excluding hydrogens is 160 g/mol. The average molecular weight is 186 g/mol. The molecule has 1 heteroatoms. The van der Waals surface area contributed by atoms with E-state index in [9.17, 15) is 5.11 Å². The van der Waals surface area contributed by atoms with Crippen LogP contribution in [0.25, 0.3) is 0 Å². The van der Waals surface area contributed by atoms with Gasteiger partial charge < -0.3 is 5.11 Å². The summed E-state index contributed by atoms with van der Waals surface area (Å²) in [4.78, 5) is 0. The van der Waals surface area contributed by atoms with Crippen LogP contribution in [0.4, 0.5) is 0 Å². The van der Waals surface area contributed by atoms with Crippen molar-refractivity contribution in [1.29, 1.82) is 0 Å². The first-order chi connectivity index (χ1) is 6.10. The Hall–Kier alpha value is -0.0400. The van der Waals surface area contributed by atoms with E-state index in [-0.39, 0.29) is 6.10 Å². The molecule has 80 valence electrons. The fraction of sp³-hybridized carbons (Fsp3) is 1.00. The first kappa shape index (κ1) is 13.0. The summed E-state index contributed by atoms with van der Waals surface area (Å²) in [5.41, 5.74) is 0. The molecule has 0 aromatic carbocycles. The molecule has 0 saturated carbocycles. The summed E-state index contributed by atoms with van der Waals surface area (Å²) in [6.07, 6.45) is 5.48. The Kier molecular flexibility index (Phi) is 7.35. The van der Waals surface area contributed by atoms with Crippen LogP contribution >= 0.6 is 0 Å². The van der Waals surface area contributed by atoms with Crippen LogP contribution in [0.15, 0.2) is 0 Å². The largest absolute Gasteiger partial charge is 0.393 e. The second-order valence-electron chi connectivity index (χ2n) is 4.54. The summed E-state index contributed by atoms with van der Waals surface area (Å²) in [5.74, 6) is 1.44. The monoisotopic (exact) mass is 186 g/mol. The van der Waals surface area contributed by atoms with Gasteiger partial charge in [-0.25, -0.2) is 0 Å². The first-order valence-corrected chi connectivity index (χ1v) is 5.78. The van der Waals surface area contributed by atoms with Gasteiger partial charge in [0.05, 0.1) is 6.10 Å². The van der Waals surface area contributed by atoms with Gasteiger partial charge >= 0.3 is 0 Å². The number of hydrogen-bond acceptors (Lipinski definition) is 1. The zero-order valence-electron chi connectivity index (χ0n) is 9.71. The Morgan fingerprint density at radius 2 is 1.54 bits per heavy atom. The van der Waals surface area contributed by atoms with E-state index in [1.807, 2.05) is 0 Å². The summed E-state index contributed by atoms with van der Waals surface area (Å²) >= 11 is 0. The molecule has 0 bridgehead atoms. The fourth-order valence-corrected chi connectivity index (χ4v) is 1.65. The Labute approximate surface area is 83.5 Å². The van der Waals surface area contributed by atoms with Gasteiger partial charge in [-0.15, -0.1) is 0 Å². The van der Waals surface area contributed by atoms with Crippen molar-refractivity contribution in [3.63, 3.8) is 0 Å². The SMILES string of the molecule is CCC(CC)CC(O)CCC(C)C. The lowest BCUT2D eigenvalue weighted by Gasteiger charge is -2.17. The van der Waals surface area contributed by atoms with Crippen molar-refractivity contribution in [3.05, 3.63) is 0 Å². The molecule has 0 saturated heterocycles. The lowest BCUT2D eigenvalue weighted by atomic mass is 9.93. The van der Waals surface area contributed by atoms with Crippen molar-refractivity contribution < 1.29 is 5.11 Å². The third kappa shape index (κ3) is 7.06. The van der Waals surface area contributed by atoms with Crippen LogP contribution in [-0.2, 0) is 0 Å². The highest BCUT2D eigenvalue weighted by Crippen LogP contribution is 2.18. The maximum atomic E-state index is 9.73. The molecule has 0 aromatic heterocycles. The standard InChI is InChI=1S/C12H26O/c1-5-11(6-2)9-12(13)8-7-10(3)4/h10-13H,5-9H2,1-4H3. The highest BCUT2D eigenvalue weighted by Gasteiger charge is 2.11. The number of hydrogen-bond donors (Lipinski definition) is 1. The van der Waals surface area contributed by atoms with Crippen LogP contribution in [0.1, 0.15) is 59.8 Å². The van der Waals surface area contributed by atoms with E-state index in [1.165, 1.54) is 12.8 Å². The molecule has 0 rings (SSSR count). The lowest BCUT2D eigenvalue weighted by Crippen LogP contribution is -2.13. The van der Waals surface area contributed by atoms with Crippen molar-refractivity contribution in [3.8, 4) is 0 Å². The normalized spacial score (nSPS) is 14.1. The number of rotatable bonds is 7. The molecule has 0 aliphatic heterocycles. The minimum atomic E-state index is -0.0627. The maximum absolute atomic E-state index is 9.73. The Bertz CT molecular complexity index is 106. The van der Waals surface area contributed by atoms with E-state index in [1.54, 1.807) is 0 Å². The molecule has 0 aliphatic carbocycles. The van der Waals surface area contributed by atoms with Crippen molar-refractivity contribution in [1.82, 2.24) is 0 Å². The van der Waals surface area contributed by atoms with Gasteiger partial charge in [0.2, 0.25) is 0 Å². The maximum Gasteiger partial charge on any atom is 0.0543 e. The van der Waals surface area contributed by atoms with E-state index < -0.39 is 0 Å². The zero-order chi connectivity index (χ0) is 10.3. The minimum Gasteiger partial charge on any atom is -0.393 e. The second kappa shape index (κ2) is 7.37. The lowest BCUT2D eigenvalue weighted by molar-refractivity contribution is 0.124. The van der Waals surface area contributed by atoms with Crippen molar-refractivity contribution in [2.75, 3.05) is 0 Å².